The van der Waals surface area contributed by atoms with Gasteiger partial charge in [0.15, 0.2) is 5.78 Å². The Morgan fingerprint density at radius 3 is 2.67 bits per heavy atom. The number of aliphatic hydroxyl groups excluding tert-OH is 1. The molecule has 3 aromatic rings. The summed E-state index contributed by atoms with van der Waals surface area (Å²) in [4.78, 5) is 15.6. The maximum absolute atomic E-state index is 12.6. The molecule has 3 rings (SSSR count). The lowest BCUT2D eigenvalue weighted by atomic mass is 10.0. The summed E-state index contributed by atoms with van der Waals surface area (Å²) in [5.41, 5.74) is 2.97. The highest BCUT2D eigenvalue weighted by molar-refractivity contribution is 6.35. The van der Waals surface area contributed by atoms with Crippen LogP contribution in [-0.4, -0.2) is 15.9 Å². The summed E-state index contributed by atoms with van der Waals surface area (Å²) < 4.78 is 0. The van der Waals surface area contributed by atoms with Crippen LogP contribution < -0.4 is 0 Å². The van der Waals surface area contributed by atoms with Crippen molar-refractivity contribution in [2.45, 2.75) is 12.0 Å². The lowest BCUT2D eigenvalue weighted by molar-refractivity contribution is 0.0988. The highest BCUT2D eigenvalue weighted by atomic mass is 35.5. The maximum Gasteiger partial charge on any atom is 0.187 e. The first-order valence-electron chi connectivity index (χ1n) is 6.65. The summed E-state index contributed by atoms with van der Waals surface area (Å²) in [5, 5.41) is 9.26. The summed E-state index contributed by atoms with van der Waals surface area (Å²) in [7, 11) is 0. The van der Waals surface area contributed by atoms with Crippen LogP contribution >= 0.6 is 11.6 Å². The number of aliphatic hydroxyl groups is 1. The van der Waals surface area contributed by atoms with Crippen LogP contribution in [0.5, 0.6) is 0 Å². The highest BCUT2D eigenvalue weighted by Gasteiger charge is 2.22. The third kappa shape index (κ3) is 2.58. The Morgan fingerprint density at radius 2 is 1.95 bits per heavy atom. The first-order chi connectivity index (χ1) is 10.2. The average Bonchev–Trinajstić information content (AvgIpc) is 2.97. The van der Waals surface area contributed by atoms with Crippen molar-refractivity contribution in [3.8, 4) is 0 Å². The number of carbonyl (C=O) groups excluding carboxylic acids is 1. The van der Waals surface area contributed by atoms with E-state index in [2.05, 4.69) is 4.98 Å². The number of rotatable bonds is 4. The van der Waals surface area contributed by atoms with Crippen LogP contribution in [0.3, 0.4) is 0 Å². The number of alkyl halides is 1. The fourth-order valence-electron chi connectivity index (χ4n) is 2.39. The van der Waals surface area contributed by atoms with E-state index in [0.29, 0.717) is 5.56 Å². The van der Waals surface area contributed by atoms with Crippen LogP contribution in [-0.2, 0) is 6.61 Å². The minimum atomic E-state index is -0.706. The molecule has 1 atom stereocenters. The zero-order chi connectivity index (χ0) is 14.8. The van der Waals surface area contributed by atoms with E-state index in [9.17, 15) is 4.79 Å². The molecule has 0 saturated heterocycles. The SMILES string of the molecule is O=C(c1c[nH]c2cc(CO)ccc12)C(Cl)c1ccccc1. The van der Waals surface area contributed by atoms with Gasteiger partial charge in [0.1, 0.15) is 5.38 Å². The highest BCUT2D eigenvalue weighted by Crippen LogP contribution is 2.29. The molecule has 1 aromatic heterocycles. The van der Waals surface area contributed by atoms with Gasteiger partial charge in [-0.2, -0.15) is 0 Å². The Labute approximate surface area is 127 Å². The van der Waals surface area contributed by atoms with Crippen molar-refractivity contribution in [3.63, 3.8) is 0 Å². The van der Waals surface area contributed by atoms with Crippen molar-refractivity contribution in [1.29, 1.82) is 0 Å². The maximum atomic E-state index is 12.6. The van der Waals surface area contributed by atoms with Gasteiger partial charge in [-0.25, -0.2) is 0 Å². The molecule has 3 nitrogen and oxygen atoms in total. The lowest BCUT2D eigenvalue weighted by Crippen LogP contribution is -2.06. The molecular formula is C17H14ClNO2. The number of Topliss-reactive ketones (excluding diaryl/α,β-unsaturated/α-hetero) is 1. The molecule has 1 unspecified atom stereocenters. The number of hydrogen-bond donors (Lipinski definition) is 2. The molecule has 0 aliphatic carbocycles. The number of aromatic nitrogens is 1. The predicted octanol–water partition coefficient (Wildman–Crippen LogP) is 3.82. The van der Waals surface area contributed by atoms with Crippen LogP contribution in [0.25, 0.3) is 10.9 Å². The zero-order valence-corrected chi connectivity index (χ0v) is 12.0. The molecule has 0 aliphatic rings. The van der Waals surface area contributed by atoms with Gasteiger partial charge < -0.3 is 10.1 Å². The molecule has 0 spiro atoms. The van der Waals surface area contributed by atoms with Gasteiger partial charge in [0, 0.05) is 22.7 Å². The van der Waals surface area contributed by atoms with E-state index < -0.39 is 5.38 Å². The Balaban J connectivity index is 1.98. The summed E-state index contributed by atoms with van der Waals surface area (Å²) >= 11 is 6.30. The molecule has 0 bridgehead atoms. The second kappa shape index (κ2) is 5.72. The molecular weight excluding hydrogens is 286 g/mol. The minimum absolute atomic E-state index is 0.0274. The van der Waals surface area contributed by atoms with Crippen LogP contribution in [0, 0.1) is 0 Å². The number of carbonyl (C=O) groups is 1. The first kappa shape index (κ1) is 13.9. The number of hydrogen-bond acceptors (Lipinski definition) is 2. The number of benzene rings is 2. The topological polar surface area (TPSA) is 53.1 Å². The van der Waals surface area contributed by atoms with E-state index in [1.165, 1.54) is 0 Å². The molecule has 21 heavy (non-hydrogen) atoms. The summed E-state index contributed by atoms with van der Waals surface area (Å²) in [5.74, 6) is -0.133. The van der Waals surface area contributed by atoms with Gasteiger partial charge in [-0.3, -0.25) is 4.79 Å². The van der Waals surface area contributed by atoms with E-state index in [1.54, 1.807) is 12.3 Å². The van der Waals surface area contributed by atoms with Gasteiger partial charge in [0.25, 0.3) is 0 Å². The lowest BCUT2D eigenvalue weighted by Gasteiger charge is -2.08. The molecule has 1 heterocycles. The quantitative estimate of drug-likeness (QED) is 0.568. The summed E-state index contributed by atoms with van der Waals surface area (Å²) in [6.07, 6.45) is 1.67. The van der Waals surface area contributed by atoms with Crippen molar-refractivity contribution in [3.05, 3.63) is 71.4 Å². The fourth-order valence-corrected chi connectivity index (χ4v) is 2.65. The molecule has 0 radical (unpaired) electrons. The second-order valence-electron chi connectivity index (χ2n) is 4.88. The Bertz CT molecular complexity index is 780. The summed E-state index contributed by atoms with van der Waals surface area (Å²) in [6.45, 7) is -0.0274. The number of aromatic amines is 1. The van der Waals surface area contributed by atoms with Gasteiger partial charge in [0.2, 0.25) is 0 Å². The summed E-state index contributed by atoms with van der Waals surface area (Å²) in [6, 6.07) is 14.8. The van der Waals surface area contributed by atoms with Gasteiger partial charge in [-0.1, -0.05) is 42.5 Å². The molecule has 2 aromatic carbocycles. The predicted molar refractivity (Wildman–Crippen MR) is 83.6 cm³/mol. The van der Waals surface area contributed by atoms with Crippen molar-refractivity contribution in [2.24, 2.45) is 0 Å². The number of H-pyrrole nitrogens is 1. The van der Waals surface area contributed by atoms with Crippen molar-refractivity contribution in [2.75, 3.05) is 0 Å². The van der Waals surface area contributed by atoms with Crippen LogP contribution in [0.4, 0.5) is 0 Å². The Kier molecular flexibility index (Phi) is 3.78. The van der Waals surface area contributed by atoms with E-state index >= 15 is 0 Å². The molecule has 2 N–H and O–H groups in total. The van der Waals surface area contributed by atoms with Crippen molar-refractivity contribution >= 4 is 28.3 Å². The average molecular weight is 300 g/mol. The zero-order valence-electron chi connectivity index (χ0n) is 11.2. The number of ketones is 1. The number of nitrogens with one attached hydrogen (secondary N) is 1. The van der Waals surface area contributed by atoms with E-state index in [0.717, 1.165) is 22.0 Å². The van der Waals surface area contributed by atoms with E-state index in [1.807, 2.05) is 42.5 Å². The number of fused-ring (bicyclic) bond motifs is 1. The van der Waals surface area contributed by atoms with E-state index in [4.69, 9.17) is 16.7 Å². The molecule has 4 heteroatoms. The Hall–Kier alpha value is -2.10. The number of halogens is 1. The molecule has 0 fully saturated rings. The van der Waals surface area contributed by atoms with Crippen LogP contribution in [0.1, 0.15) is 26.9 Å². The normalized spacial score (nSPS) is 12.5. The molecule has 0 aliphatic heterocycles. The largest absolute Gasteiger partial charge is 0.392 e. The van der Waals surface area contributed by atoms with Gasteiger partial charge >= 0.3 is 0 Å². The van der Waals surface area contributed by atoms with Crippen molar-refractivity contribution < 1.29 is 9.90 Å². The first-order valence-corrected chi connectivity index (χ1v) is 7.08. The van der Waals surface area contributed by atoms with Crippen LogP contribution in [0.15, 0.2) is 54.7 Å². The van der Waals surface area contributed by atoms with Gasteiger partial charge in [-0.05, 0) is 17.2 Å². The molecule has 106 valence electrons. The Morgan fingerprint density at radius 1 is 1.19 bits per heavy atom. The van der Waals surface area contributed by atoms with Crippen molar-refractivity contribution in [1.82, 2.24) is 4.98 Å². The second-order valence-corrected chi connectivity index (χ2v) is 5.31. The van der Waals surface area contributed by atoms with Crippen LogP contribution in [0.2, 0.25) is 0 Å². The minimum Gasteiger partial charge on any atom is -0.392 e. The third-order valence-electron chi connectivity index (χ3n) is 3.52. The third-order valence-corrected chi connectivity index (χ3v) is 3.97. The standard InChI is InChI=1S/C17H14ClNO2/c18-16(12-4-2-1-3-5-12)17(21)14-9-19-15-8-11(10-20)6-7-13(14)15/h1-9,16,19-20H,10H2. The van der Waals surface area contributed by atoms with Gasteiger partial charge in [-0.15, -0.1) is 11.6 Å². The fraction of sp³-hybridized carbons (Fsp3) is 0.118. The smallest absolute Gasteiger partial charge is 0.187 e. The van der Waals surface area contributed by atoms with E-state index in [-0.39, 0.29) is 12.4 Å². The molecule has 0 saturated carbocycles. The van der Waals surface area contributed by atoms with Gasteiger partial charge in [0.05, 0.1) is 6.61 Å². The molecule has 0 amide bonds. The monoisotopic (exact) mass is 299 g/mol.